The number of nitrogens with zero attached hydrogens (tertiary/aromatic N) is 2. The van der Waals surface area contributed by atoms with Crippen LogP contribution in [0.15, 0.2) is 60.7 Å². The lowest BCUT2D eigenvalue weighted by Gasteiger charge is -2.14. The van der Waals surface area contributed by atoms with Gasteiger partial charge in [0.15, 0.2) is 0 Å². The molecule has 0 unspecified atom stereocenters. The van der Waals surface area contributed by atoms with Gasteiger partial charge in [-0.25, -0.2) is 19.6 Å². The summed E-state index contributed by atoms with van der Waals surface area (Å²) >= 11 is 13.6. The van der Waals surface area contributed by atoms with Crippen LogP contribution in [0.25, 0.3) is 33.6 Å². The van der Waals surface area contributed by atoms with Crippen LogP contribution < -0.4 is 9.47 Å². The molecule has 0 aliphatic carbocycles. The van der Waals surface area contributed by atoms with Crippen LogP contribution in [-0.4, -0.2) is 46.3 Å². The molecule has 4 aromatic rings. The Kier molecular flexibility index (Phi) is 7.10. The molecule has 0 radical (unpaired) electrons. The molecule has 0 aliphatic rings. The van der Waals surface area contributed by atoms with E-state index in [9.17, 15) is 19.8 Å². The topological polar surface area (TPSA) is 119 Å². The molecular weight excluding hydrogens is 507 g/mol. The zero-order valence-electron chi connectivity index (χ0n) is 19.0. The van der Waals surface area contributed by atoms with E-state index in [4.69, 9.17) is 32.7 Å². The van der Waals surface area contributed by atoms with Gasteiger partial charge >= 0.3 is 11.9 Å². The lowest BCUT2D eigenvalue weighted by atomic mass is 9.98. The zero-order valence-corrected chi connectivity index (χ0v) is 20.5. The second kappa shape index (κ2) is 10.2. The molecule has 4 rings (SSSR count). The Labute approximate surface area is 215 Å². The molecule has 2 aromatic carbocycles. The highest BCUT2D eigenvalue weighted by atomic mass is 35.5. The first-order valence-electron chi connectivity index (χ1n) is 10.4. The maximum atomic E-state index is 11.4. The molecule has 2 aromatic heterocycles. The lowest BCUT2D eigenvalue weighted by Crippen LogP contribution is -2.03. The molecule has 2 N–H and O–H groups in total. The number of aromatic carboxylic acids is 2. The van der Waals surface area contributed by atoms with Crippen molar-refractivity contribution in [1.29, 1.82) is 0 Å². The molecule has 10 heteroatoms. The average Bonchev–Trinajstić information content (AvgIpc) is 2.88. The highest BCUT2D eigenvalue weighted by Gasteiger charge is 2.20. The normalized spacial score (nSPS) is 10.7. The summed E-state index contributed by atoms with van der Waals surface area (Å²) in [5.74, 6) is -2.38. The molecule has 0 spiro atoms. The number of carbonyl (C=O) groups is 2. The number of halogens is 2. The van der Waals surface area contributed by atoms with Crippen LogP contribution in [0.4, 0.5) is 0 Å². The van der Waals surface area contributed by atoms with E-state index < -0.39 is 11.9 Å². The predicted molar refractivity (Wildman–Crippen MR) is 135 cm³/mol. The van der Waals surface area contributed by atoms with Crippen molar-refractivity contribution in [3.63, 3.8) is 0 Å². The van der Waals surface area contributed by atoms with Crippen LogP contribution in [0.1, 0.15) is 20.7 Å². The molecule has 8 nitrogen and oxygen atoms in total. The van der Waals surface area contributed by atoms with Crippen molar-refractivity contribution < 1.29 is 29.3 Å². The largest absolute Gasteiger partial charge is 0.480 e. The predicted octanol–water partition coefficient (Wildman–Crippen LogP) is 6.20. The molecule has 0 saturated heterocycles. The molecule has 36 heavy (non-hydrogen) atoms. The van der Waals surface area contributed by atoms with Gasteiger partial charge < -0.3 is 19.7 Å². The first kappa shape index (κ1) is 25.0. The zero-order chi connectivity index (χ0) is 26.0. The highest BCUT2D eigenvalue weighted by Crippen LogP contribution is 2.42. The van der Waals surface area contributed by atoms with E-state index in [1.807, 2.05) is 0 Å². The van der Waals surface area contributed by atoms with Gasteiger partial charge in [0, 0.05) is 22.3 Å². The number of aromatic nitrogens is 2. The van der Waals surface area contributed by atoms with Crippen molar-refractivity contribution in [2.45, 2.75) is 0 Å². The van der Waals surface area contributed by atoms with E-state index in [1.54, 1.807) is 48.5 Å². The van der Waals surface area contributed by atoms with Gasteiger partial charge in [0.25, 0.3) is 0 Å². The Bertz CT molecular complexity index is 1390. The summed E-state index contributed by atoms with van der Waals surface area (Å²) in [7, 11) is 2.68. The molecule has 0 amide bonds. The van der Waals surface area contributed by atoms with Crippen LogP contribution in [0.5, 0.6) is 11.8 Å². The lowest BCUT2D eigenvalue weighted by molar-refractivity contribution is 0.0681. The van der Waals surface area contributed by atoms with Gasteiger partial charge in [-0.15, -0.1) is 0 Å². The van der Waals surface area contributed by atoms with Gasteiger partial charge in [0.2, 0.25) is 11.8 Å². The minimum absolute atomic E-state index is 0.0358. The van der Waals surface area contributed by atoms with Gasteiger partial charge in [-0.1, -0.05) is 59.6 Å². The van der Waals surface area contributed by atoms with Gasteiger partial charge in [-0.05, 0) is 24.3 Å². The van der Waals surface area contributed by atoms with E-state index in [1.165, 1.54) is 26.4 Å². The van der Waals surface area contributed by atoms with Crippen molar-refractivity contribution in [1.82, 2.24) is 9.97 Å². The third-order valence-electron chi connectivity index (χ3n) is 5.41. The van der Waals surface area contributed by atoms with E-state index >= 15 is 0 Å². The van der Waals surface area contributed by atoms with Gasteiger partial charge in [-0.2, -0.15) is 0 Å². The van der Waals surface area contributed by atoms with Crippen LogP contribution >= 0.6 is 23.2 Å². The van der Waals surface area contributed by atoms with E-state index in [0.717, 1.165) is 0 Å². The second-order valence-electron chi connectivity index (χ2n) is 7.45. The van der Waals surface area contributed by atoms with Crippen molar-refractivity contribution >= 4 is 35.1 Å². The fourth-order valence-corrected chi connectivity index (χ4v) is 4.34. The van der Waals surface area contributed by atoms with Crippen LogP contribution in [0, 0.1) is 0 Å². The van der Waals surface area contributed by atoms with Gasteiger partial charge in [0.1, 0.15) is 11.1 Å². The summed E-state index contributed by atoms with van der Waals surface area (Å²) in [5, 5.41) is 19.4. The molecule has 0 saturated carbocycles. The quantitative estimate of drug-likeness (QED) is 0.293. The van der Waals surface area contributed by atoms with Gasteiger partial charge in [0.05, 0.1) is 35.7 Å². The molecule has 0 atom stereocenters. The second-order valence-corrected chi connectivity index (χ2v) is 8.21. The fourth-order valence-electron chi connectivity index (χ4n) is 3.69. The Hall–Kier alpha value is -4.14. The Morgan fingerprint density at radius 1 is 0.639 bits per heavy atom. The summed E-state index contributed by atoms with van der Waals surface area (Å²) in [5.41, 5.74) is 3.03. The highest BCUT2D eigenvalue weighted by molar-refractivity contribution is 6.39. The molecule has 0 aliphatic heterocycles. The van der Waals surface area contributed by atoms with Crippen LogP contribution in [0.2, 0.25) is 10.0 Å². The third-order valence-corrected chi connectivity index (χ3v) is 6.22. The number of ether oxygens (including phenoxy) is 2. The minimum Gasteiger partial charge on any atom is -0.480 e. The maximum absolute atomic E-state index is 11.4. The summed E-state index contributed by atoms with van der Waals surface area (Å²) in [6, 6.07) is 16.6. The Morgan fingerprint density at radius 2 is 1.00 bits per heavy atom. The number of rotatable bonds is 7. The van der Waals surface area contributed by atoms with Crippen molar-refractivity contribution in [2.75, 3.05) is 14.2 Å². The number of carboxylic acid groups (broad SMARTS) is 2. The number of carboxylic acids is 2. The summed E-state index contributed by atoms with van der Waals surface area (Å²) in [6.07, 6.45) is 0. The first-order chi connectivity index (χ1) is 17.3. The fraction of sp³-hybridized carbons (Fsp3) is 0.0769. The third kappa shape index (κ3) is 4.56. The first-order valence-corrected chi connectivity index (χ1v) is 11.2. The standard InChI is InChI=1S/C26H18Cl2N2O6/c1-35-23-17(25(31)32)9-11-19(29-23)15-7-3-5-13(21(15)27)14-6-4-8-16(22(14)28)20-12-10-18(26(33)34)24(30-20)36-2/h3-12H,1-2H3,(H,31,32)(H,33,34). The minimum atomic E-state index is -1.16. The number of hydrogen-bond donors (Lipinski definition) is 2. The number of hydrogen-bond acceptors (Lipinski definition) is 6. The van der Waals surface area contributed by atoms with Crippen molar-refractivity contribution in [2.24, 2.45) is 0 Å². The van der Waals surface area contributed by atoms with Crippen molar-refractivity contribution in [3.8, 4) is 45.4 Å². The molecule has 0 fully saturated rings. The number of methoxy groups -OCH3 is 2. The average molecular weight is 525 g/mol. The van der Waals surface area contributed by atoms with E-state index in [0.29, 0.717) is 43.7 Å². The monoisotopic (exact) mass is 524 g/mol. The Morgan fingerprint density at radius 3 is 1.33 bits per heavy atom. The summed E-state index contributed by atoms with van der Waals surface area (Å²) < 4.78 is 10.3. The van der Waals surface area contributed by atoms with Crippen LogP contribution in [-0.2, 0) is 0 Å². The maximum Gasteiger partial charge on any atom is 0.341 e. The summed E-state index contributed by atoms with van der Waals surface area (Å²) in [4.78, 5) is 31.5. The molecular formula is C26H18Cl2N2O6. The number of pyridine rings is 2. The molecule has 0 bridgehead atoms. The smallest absolute Gasteiger partial charge is 0.341 e. The molecule has 182 valence electrons. The summed E-state index contributed by atoms with van der Waals surface area (Å²) in [6.45, 7) is 0. The number of benzene rings is 2. The van der Waals surface area contributed by atoms with E-state index in [2.05, 4.69) is 9.97 Å². The SMILES string of the molecule is COc1nc(-c2cccc(-c3cccc(-c4ccc(C(=O)O)c(OC)n4)c3Cl)c2Cl)ccc1C(=O)O. The van der Waals surface area contributed by atoms with Crippen molar-refractivity contribution in [3.05, 3.63) is 81.8 Å². The van der Waals surface area contributed by atoms with Gasteiger partial charge in [-0.3, -0.25) is 0 Å². The molecule has 2 heterocycles. The van der Waals surface area contributed by atoms with Crippen LogP contribution in [0.3, 0.4) is 0 Å². The van der Waals surface area contributed by atoms with E-state index in [-0.39, 0.29) is 22.9 Å². The Balaban J connectivity index is 1.82.